The molecule has 3 amide bonds. The van der Waals surface area contributed by atoms with Gasteiger partial charge in [-0.2, -0.15) is 0 Å². The summed E-state index contributed by atoms with van der Waals surface area (Å²) >= 11 is 24.5. The minimum absolute atomic E-state index is 0.0705. The standard InChI is InChI=1S/C23H20Cl4N2O6/c1-10(2)8-13(23(33)35-9-14(30)28-11-4-6-12(34-3)7-5-11)29-21(31)15-16(22(29)32)18(25)20(27)19(26)17(15)24/h4-7,10,13H,8-9H2,1-3H3,(H,28,30)/t13-/m1/s1. The van der Waals surface area contributed by atoms with Crippen molar-refractivity contribution in [3.63, 3.8) is 0 Å². The second-order valence-corrected chi connectivity index (χ2v) is 9.53. The molecule has 0 bridgehead atoms. The van der Waals surface area contributed by atoms with E-state index in [4.69, 9.17) is 55.9 Å². The van der Waals surface area contributed by atoms with Crippen molar-refractivity contribution in [2.75, 3.05) is 19.0 Å². The first-order chi connectivity index (χ1) is 16.5. The van der Waals surface area contributed by atoms with Gasteiger partial charge in [0.05, 0.1) is 38.3 Å². The van der Waals surface area contributed by atoms with Gasteiger partial charge >= 0.3 is 5.97 Å². The number of fused-ring (bicyclic) bond motifs is 1. The molecule has 12 heteroatoms. The molecule has 1 aliphatic rings. The van der Waals surface area contributed by atoms with Gasteiger partial charge < -0.3 is 14.8 Å². The molecule has 3 rings (SSSR count). The Morgan fingerprint density at radius 1 is 0.914 bits per heavy atom. The average molecular weight is 562 g/mol. The highest BCUT2D eigenvalue weighted by Crippen LogP contribution is 2.45. The molecule has 1 heterocycles. The van der Waals surface area contributed by atoms with E-state index < -0.39 is 36.3 Å². The SMILES string of the molecule is COc1ccc(NC(=O)COC(=O)[C@@H](CC(C)C)N2C(=O)c3c(Cl)c(Cl)c(Cl)c(Cl)c3C2=O)cc1. The van der Waals surface area contributed by atoms with E-state index in [0.29, 0.717) is 11.4 Å². The van der Waals surface area contributed by atoms with Gasteiger partial charge in [0.1, 0.15) is 11.8 Å². The highest BCUT2D eigenvalue weighted by atomic mass is 35.5. The van der Waals surface area contributed by atoms with Crippen molar-refractivity contribution >= 4 is 75.8 Å². The molecule has 0 aliphatic carbocycles. The molecule has 8 nitrogen and oxygen atoms in total. The van der Waals surface area contributed by atoms with Gasteiger partial charge in [-0.25, -0.2) is 4.79 Å². The Labute approximate surface area is 221 Å². The van der Waals surface area contributed by atoms with Gasteiger partial charge in [0.25, 0.3) is 17.7 Å². The first-order valence-corrected chi connectivity index (χ1v) is 11.8. The lowest BCUT2D eigenvalue weighted by atomic mass is 10.0. The second kappa shape index (κ2) is 11.0. The van der Waals surface area contributed by atoms with Crippen molar-refractivity contribution in [2.45, 2.75) is 26.3 Å². The molecule has 2 aromatic rings. The third-order valence-electron chi connectivity index (χ3n) is 5.13. The normalized spacial score (nSPS) is 13.7. The Kier molecular flexibility index (Phi) is 8.54. The van der Waals surface area contributed by atoms with Gasteiger partial charge in [-0.15, -0.1) is 0 Å². The summed E-state index contributed by atoms with van der Waals surface area (Å²) in [6.07, 6.45) is 0.0705. The number of halogens is 4. The van der Waals surface area contributed by atoms with E-state index in [-0.39, 0.29) is 43.6 Å². The van der Waals surface area contributed by atoms with Crippen molar-refractivity contribution in [3.05, 3.63) is 55.5 Å². The first kappa shape index (κ1) is 27.1. The summed E-state index contributed by atoms with van der Waals surface area (Å²) in [5.74, 6) is -2.79. The van der Waals surface area contributed by atoms with E-state index >= 15 is 0 Å². The summed E-state index contributed by atoms with van der Waals surface area (Å²) in [5.41, 5.74) is -0.0197. The molecule has 186 valence electrons. The number of nitrogens with one attached hydrogen (secondary N) is 1. The minimum atomic E-state index is -1.33. The Bertz CT molecular complexity index is 1150. The number of carbonyl (C=O) groups is 4. The molecule has 1 N–H and O–H groups in total. The number of benzene rings is 2. The summed E-state index contributed by atoms with van der Waals surface area (Å²) in [5, 5.41) is 1.72. The fourth-order valence-corrected chi connectivity index (χ4v) is 4.52. The van der Waals surface area contributed by atoms with Gasteiger partial charge in [-0.05, 0) is 36.6 Å². The summed E-state index contributed by atoms with van der Waals surface area (Å²) in [6.45, 7) is 2.95. The van der Waals surface area contributed by atoms with Gasteiger partial charge in [-0.1, -0.05) is 60.3 Å². The number of hydrogen-bond acceptors (Lipinski definition) is 6. The highest BCUT2D eigenvalue weighted by molar-refractivity contribution is 6.55. The topological polar surface area (TPSA) is 102 Å². The van der Waals surface area contributed by atoms with Crippen LogP contribution in [0.4, 0.5) is 5.69 Å². The largest absolute Gasteiger partial charge is 0.497 e. The second-order valence-electron chi connectivity index (χ2n) is 8.02. The lowest BCUT2D eigenvalue weighted by Crippen LogP contribution is -2.47. The molecule has 0 unspecified atom stereocenters. The summed E-state index contributed by atoms with van der Waals surface area (Å²) in [7, 11) is 1.51. The van der Waals surface area contributed by atoms with Crippen molar-refractivity contribution in [1.82, 2.24) is 4.90 Å². The van der Waals surface area contributed by atoms with Crippen LogP contribution >= 0.6 is 46.4 Å². The van der Waals surface area contributed by atoms with Gasteiger partial charge in [0.2, 0.25) is 0 Å². The molecule has 2 aromatic carbocycles. The van der Waals surface area contributed by atoms with E-state index in [0.717, 1.165) is 4.90 Å². The fraction of sp³-hybridized carbons (Fsp3) is 0.304. The average Bonchev–Trinajstić information content (AvgIpc) is 3.08. The lowest BCUT2D eigenvalue weighted by molar-refractivity contribution is -0.151. The van der Waals surface area contributed by atoms with Crippen LogP contribution in [-0.2, 0) is 14.3 Å². The number of anilines is 1. The molecule has 0 saturated carbocycles. The number of amides is 3. The molecular formula is C23H20Cl4N2O6. The highest BCUT2D eigenvalue weighted by Gasteiger charge is 2.47. The van der Waals surface area contributed by atoms with Crippen molar-refractivity contribution in [1.29, 1.82) is 0 Å². The van der Waals surface area contributed by atoms with Crippen LogP contribution in [-0.4, -0.2) is 48.3 Å². The number of rotatable bonds is 8. The van der Waals surface area contributed by atoms with Crippen LogP contribution < -0.4 is 10.1 Å². The molecule has 0 radical (unpaired) electrons. The molecule has 0 spiro atoms. The number of hydrogen-bond donors (Lipinski definition) is 1. The van der Waals surface area contributed by atoms with Crippen LogP contribution in [0.3, 0.4) is 0 Å². The quantitative estimate of drug-likeness (QED) is 0.197. The zero-order valence-corrected chi connectivity index (χ0v) is 21.8. The molecule has 0 fully saturated rings. The molecule has 0 saturated heterocycles. The number of ether oxygens (including phenoxy) is 2. The zero-order valence-electron chi connectivity index (χ0n) is 18.8. The Morgan fingerprint density at radius 2 is 1.43 bits per heavy atom. The smallest absolute Gasteiger partial charge is 0.329 e. The number of imide groups is 1. The van der Waals surface area contributed by atoms with Gasteiger partial charge in [0, 0.05) is 5.69 Å². The van der Waals surface area contributed by atoms with Crippen molar-refractivity contribution < 1.29 is 28.7 Å². The third kappa shape index (κ3) is 5.51. The molecule has 1 aliphatic heterocycles. The van der Waals surface area contributed by atoms with Gasteiger partial charge in [0.15, 0.2) is 6.61 Å². The van der Waals surface area contributed by atoms with E-state index in [9.17, 15) is 19.2 Å². The lowest BCUT2D eigenvalue weighted by Gasteiger charge is -2.26. The Morgan fingerprint density at radius 3 is 1.89 bits per heavy atom. The molecule has 0 aromatic heterocycles. The van der Waals surface area contributed by atoms with Crippen LogP contribution in [0.15, 0.2) is 24.3 Å². The number of carbonyl (C=O) groups excluding carboxylic acids is 4. The monoisotopic (exact) mass is 560 g/mol. The fourth-order valence-electron chi connectivity index (χ4n) is 3.51. The minimum Gasteiger partial charge on any atom is -0.497 e. The number of nitrogens with zero attached hydrogens (tertiary/aromatic N) is 1. The number of methoxy groups -OCH3 is 1. The predicted molar refractivity (Wildman–Crippen MR) is 133 cm³/mol. The van der Waals surface area contributed by atoms with Crippen LogP contribution in [0.2, 0.25) is 20.1 Å². The summed E-state index contributed by atoms with van der Waals surface area (Å²) in [4.78, 5) is 52.3. The maximum Gasteiger partial charge on any atom is 0.329 e. The van der Waals surface area contributed by atoms with Crippen LogP contribution in [0.5, 0.6) is 5.75 Å². The maximum atomic E-state index is 13.2. The van der Waals surface area contributed by atoms with E-state index in [2.05, 4.69) is 5.32 Å². The first-order valence-electron chi connectivity index (χ1n) is 10.3. The third-order valence-corrected chi connectivity index (χ3v) is 6.93. The Balaban J connectivity index is 1.79. The Hall–Kier alpha value is -2.52. The molecular weight excluding hydrogens is 542 g/mol. The van der Waals surface area contributed by atoms with Crippen molar-refractivity contribution in [3.8, 4) is 5.75 Å². The van der Waals surface area contributed by atoms with E-state index in [1.54, 1.807) is 38.1 Å². The predicted octanol–water partition coefficient (Wildman–Crippen LogP) is 5.50. The van der Waals surface area contributed by atoms with Gasteiger partial charge in [-0.3, -0.25) is 19.3 Å². The zero-order chi connectivity index (χ0) is 26.0. The van der Waals surface area contributed by atoms with E-state index in [1.807, 2.05) is 0 Å². The van der Waals surface area contributed by atoms with Crippen LogP contribution in [0.1, 0.15) is 41.0 Å². The summed E-state index contributed by atoms with van der Waals surface area (Å²) < 4.78 is 10.2. The number of esters is 1. The summed E-state index contributed by atoms with van der Waals surface area (Å²) in [6, 6.07) is 5.20. The van der Waals surface area contributed by atoms with E-state index in [1.165, 1.54) is 7.11 Å². The van der Waals surface area contributed by atoms with Crippen molar-refractivity contribution in [2.24, 2.45) is 5.92 Å². The van der Waals surface area contributed by atoms with Crippen LogP contribution in [0, 0.1) is 5.92 Å². The maximum absolute atomic E-state index is 13.2. The molecule has 1 atom stereocenters. The van der Waals surface area contributed by atoms with Crippen LogP contribution in [0.25, 0.3) is 0 Å². The molecule has 35 heavy (non-hydrogen) atoms.